The molecule has 1 aromatic carbocycles. The van der Waals surface area contributed by atoms with E-state index in [0.29, 0.717) is 25.9 Å². The largest absolute Gasteiger partial charge is 0.345 e. The molecule has 0 aliphatic carbocycles. The Morgan fingerprint density at radius 1 is 1.33 bits per heavy atom. The van der Waals surface area contributed by atoms with E-state index < -0.39 is 5.82 Å². The van der Waals surface area contributed by atoms with Crippen LogP contribution in [0.2, 0.25) is 0 Å². The van der Waals surface area contributed by atoms with Crippen molar-refractivity contribution in [2.75, 3.05) is 31.1 Å². The number of halogens is 1. The SMILES string of the molecule is N#Cc1cc(CCC(=O)N2CCN(c3nccs3)CC2)ccc1F. The third-order valence-corrected chi connectivity index (χ3v) is 4.93. The Bertz CT molecular complexity index is 748. The summed E-state index contributed by atoms with van der Waals surface area (Å²) in [5, 5.41) is 11.8. The number of carbonyl (C=O) groups is 1. The average molecular weight is 344 g/mol. The molecule has 2 aromatic rings. The first-order valence-electron chi connectivity index (χ1n) is 7.78. The summed E-state index contributed by atoms with van der Waals surface area (Å²) < 4.78 is 13.3. The molecule has 1 amide bonds. The summed E-state index contributed by atoms with van der Waals surface area (Å²) in [5.74, 6) is -0.428. The fraction of sp³-hybridized carbons (Fsp3) is 0.353. The Balaban J connectivity index is 1.50. The zero-order valence-corrected chi connectivity index (χ0v) is 13.9. The molecular weight excluding hydrogens is 327 g/mol. The van der Waals surface area contributed by atoms with Crippen molar-refractivity contribution in [3.63, 3.8) is 0 Å². The summed E-state index contributed by atoms with van der Waals surface area (Å²) in [6.45, 7) is 2.94. The first kappa shape index (κ1) is 16.4. The standard InChI is InChI=1S/C17H17FN4OS/c18-15-3-1-13(11-14(15)12-19)2-4-16(23)21-6-8-22(9-7-21)17-20-5-10-24-17/h1,3,5,10-11H,2,4,6-9H2. The Labute approximate surface area is 144 Å². The second-order valence-corrected chi connectivity index (χ2v) is 6.48. The molecule has 0 spiro atoms. The summed E-state index contributed by atoms with van der Waals surface area (Å²) >= 11 is 1.61. The minimum Gasteiger partial charge on any atom is -0.345 e. The van der Waals surface area contributed by atoms with Crippen LogP contribution in [-0.2, 0) is 11.2 Å². The van der Waals surface area contributed by atoms with E-state index in [4.69, 9.17) is 5.26 Å². The summed E-state index contributed by atoms with van der Waals surface area (Å²) in [7, 11) is 0. The van der Waals surface area contributed by atoms with E-state index in [1.165, 1.54) is 12.1 Å². The number of carbonyl (C=O) groups excluding carboxylic acids is 1. The fourth-order valence-corrected chi connectivity index (χ4v) is 3.44. The van der Waals surface area contributed by atoms with Gasteiger partial charge in [-0.2, -0.15) is 5.26 Å². The number of aromatic nitrogens is 1. The highest BCUT2D eigenvalue weighted by atomic mass is 32.1. The minimum absolute atomic E-state index is 0.0250. The highest BCUT2D eigenvalue weighted by Gasteiger charge is 2.22. The zero-order valence-electron chi connectivity index (χ0n) is 13.1. The molecule has 0 bridgehead atoms. The molecule has 1 fully saturated rings. The molecule has 2 heterocycles. The van der Waals surface area contributed by atoms with Crippen LogP contribution in [0, 0.1) is 17.1 Å². The quantitative estimate of drug-likeness (QED) is 0.855. The third-order valence-electron chi connectivity index (χ3n) is 4.10. The van der Waals surface area contributed by atoms with Gasteiger partial charge in [-0.05, 0) is 24.1 Å². The van der Waals surface area contributed by atoms with Crippen LogP contribution in [0.25, 0.3) is 0 Å². The number of hydrogen-bond donors (Lipinski definition) is 0. The van der Waals surface area contributed by atoms with Crippen molar-refractivity contribution in [2.24, 2.45) is 0 Å². The smallest absolute Gasteiger partial charge is 0.223 e. The third kappa shape index (κ3) is 3.71. The van der Waals surface area contributed by atoms with Crippen molar-refractivity contribution in [1.82, 2.24) is 9.88 Å². The molecule has 0 atom stereocenters. The second-order valence-electron chi connectivity index (χ2n) is 5.61. The highest BCUT2D eigenvalue weighted by molar-refractivity contribution is 7.13. The number of rotatable bonds is 4. The zero-order chi connectivity index (χ0) is 16.9. The van der Waals surface area contributed by atoms with Crippen LogP contribution >= 0.6 is 11.3 Å². The number of nitrogens with zero attached hydrogens (tertiary/aromatic N) is 4. The summed E-state index contributed by atoms with van der Waals surface area (Å²) in [6, 6.07) is 6.25. The van der Waals surface area contributed by atoms with Crippen molar-refractivity contribution in [3.8, 4) is 6.07 Å². The molecule has 7 heteroatoms. The average Bonchev–Trinajstić information content (AvgIpc) is 3.15. The van der Waals surface area contributed by atoms with Gasteiger partial charge in [-0.3, -0.25) is 4.79 Å². The van der Waals surface area contributed by atoms with Crippen molar-refractivity contribution >= 4 is 22.4 Å². The number of thiazole rings is 1. The van der Waals surface area contributed by atoms with Crippen molar-refractivity contribution in [2.45, 2.75) is 12.8 Å². The van der Waals surface area contributed by atoms with Gasteiger partial charge in [0.25, 0.3) is 0 Å². The van der Waals surface area contributed by atoms with Gasteiger partial charge in [-0.15, -0.1) is 11.3 Å². The molecule has 0 saturated carbocycles. The highest BCUT2D eigenvalue weighted by Crippen LogP contribution is 2.19. The monoisotopic (exact) mass is 344 g/mol. The first-order chi connectivity index (χ1) is 11.7. The topological polar surface area (TPSA) is 60.2 Å². The second kappa shape index (κ2) is 7.41. The van der Waals surface area contributed by atoms with Gasteiger partial charge in [0.2, 0.25) is 5.91 Å². The van der Waals surface area contributed by atoms with Crippen molar-refractivity contribution in [1.29, 1.82) is 5.26 Å². The molecule has 1 saturated heterocycles. The van der Waals surface area contributed by atoms with E-state index in [9.17, 15) is 9.18 Å². The van der Waals surface area contributed by atoms with Crippen molar-refractivity contribution < 1.29 is 9.18 Å². The predicted octanol–water partition coefficient (Wildman–Crippen LogP) is 2.44. The van der Waals surface area contributed by atoms with E-state index in [-0.39, 0.29) is 11.5 Å². The number of anilines is 1. The van der Waals surface area contributed by atoms with Crippen LogP contribution in [0.15, 0.2) is 29.8 Å². The van der Waals surface area contributed by atoms with Crippen LogP contribution in [0.4, 0.5) is 9.52 Å². The molecule has 1 aliphatic rings. The van der Waals surface area contributed by atoms with Crippen molar-refractivity contribution in [3.05, 3.63) is 46.7 Å². The maximum atomic E-state index is 13.3. The van der Waals surface area contributed by atoms with E-state index in [2.05, 4.69) is 9.88 Å². The number of amides is 1. The molecule has 1 aromatic heterocycles. The number of piperazine rings is 1. The van der Waals surface area contributed by atoms with Crippen LogP contribution in [-0.4, -0.2) is 42.0 Å². The molecule has 0 radical (unpaired) electrons. The van der Waals surface area contributed by atoms with Gasteiger partial charge in [0.15, 0.2) is 5.13 Å². The molecule has 3 rings (SSSR count). The van der Waals surface area contributed by atoms with Gasteiger partial charge < -0.3 is 9.80 Å². The molecule has 0 N–H and O–H groups in total. The van der Waals surface area contributed by atoms with E-state index in [1.807, 2.05) is 16.3 Å². The molecule has 1 aliphatic heterocycles. The van der Waals surface area contributed by atoms with E-state index >= 15 is 0 Å². The maximum Gasteiger partial charge on any atom is 0.223 e. The summed E-state index contributed by atoms with van der Waals surface area (Å²) in [6.07, 6.45) is 2.67. The lowest BCUT2D eigenvalue weighted by Crippen LogP contribution is -2.48. The predicted molar refractivity (Wildman–Crippen MR) is 90.3 cm³/mol. The Kier molecular flexibility index (Phi) is 5.06. The lowest BCUT2D eigenvalue weighted by atomic mass is 10.1. The Morgan fingerprint density at radius 3 is 2.79 bits per heavy atom. The van der Waals surface area contributed by atoms with Gasteiger partial charge in [-0.1, -0.05) is 6.07 Å². The van der Waals surface area contributed by atoms with Gasteiger partial charge in [0.1, 0.15) is 11.9 Å². The number of benzene rings is 1. The molecular formula is C17H17FN4OS. The number of nitriles is 1. The summed E-state index contributed by atoms with van der Waals surface area (Å²) in [4.78, 5) is 20.7. The van der Waals surface area contributed by atoms with E-state index in [1.54, 1.807) is 23.6 Å². The lowest BCUT2D eigenvalue weighted by molar-refractivity contribution is -0.131. The molecule has 24 heavy (non-hydrogen) atoms. The summed E-state index contributed by atoms with van der Waals surface area (Å²) in [5.41, 5.74) is 0.833. The van der Waals surface area contributed by atoms with Crippen LogP contribution in [0.3, 0.4) is 0 Å². The van der Waals surface area contributed by atoms with E-state index in [0.717, 1.165) is 23.8 Å². The molecule has 124 valence electrons. The van der Waals surface area contributed by atoms with Crippen LogP contribution < -0.4 is 4.90 Å². The van der Waals surface area contributed by atoms with Crippen LogP contribution in [0.5, 0.6) is 0 Å². The first-order valence-corrected chi connectivity index (χ1v) is 8.66. The fourth-order valence-electron chi connectivity index (χ4n) is 2.74. The maximum absolute atomic E-state index is 13.3. The van der Waals surface area contributed by atoms with Gasteiger partial charge in [0, 0.05) is 44.2 Å². The number of hydrogen-bond acceptors (Lipinski definition) is 5. The lowest BCUT2D eigenvalue weighted by Gasteiger charge is -2.34. The van der Waals surface area contributed by atoms with Gasteiger partial charge in [-0.25, -0.2) is 9.37 Å². The minimum atomic E-state index is -0.522. The molecule has 5 nitrogen and oxygen atoms in total. The van der Waals surface area contributed by atoms with Gasteiger partial charge >= 0.3 is 0 Å². The molecule has 0 unspecified atom stereocenters. The van der Waals surface area contributed by atoms with Gasteiger partial charge in [0.05, 0.1) is 5.56 Å². The Hall–Kier alpha value is -2.46. The normalized spacial score (nSPS) is 14.5. The van der Waals surface area contributed by atoms with Crippen LogP contribution in [0.1, 0.15) is 17.5 Å². The Morgan fingerprint density at radius 2 is 2.12 bits per heavy atom. The number of aryl methyl sites for hydroxylation is 1.